The van der Waals surface area contributed by atoms with Crippen molar-refractivity contribution in [3.05, 3.63) is 77.6 Å². The molecule has 0 amide bonds. The number of aryl methyl sites for hydroxylation is 1. The quantitative estimate of drug-likeness (QED) is 0.392. The Morgan fingerprint density at radius 3 is 2.41 bits per heavy atom. The van der Waals surface area contributed by atoms with Crippen LogP contribution < -0.4 is 4.57 Å². The van der Waals surface area contributed by atoms with Crippen molar-refractivity contribution in [2.24, 2.45) is 0 Å². The molecule has 0 fully saturated rings. The summed E-state index contributed by atoms with van der Waals surface area (Å²) in [5.41, 5.74) is 6.61. The number of rotatable bonds is 8. The van der Waals surface area contributed by atoms with Crippen LogP contribution in [0.3, 0.4) is 0 Å². The SMILES string of the molecule is C=[N+]1C(=CC=CC)c2cc(-[n+]3cccc(CCCC)c3)ccc2C(C)(CC)C1(CC)CC. The topological polar surface area (TPSA) is 6.89 Å². The first-order chi connectivity index (χ1) is 15.4. The smallest absolute Gasteiger partial charge is 0.199 e. The standard InChI is InChI=1S/C30H42N2/c1-8-13-16-24-17-15-21-32(23-24)25-19-20-27-26(22-25)28(18-14-9-2)31(7)30(11-4,12-5)29(27,6)10-3/h9,14-15,17-23H,7-8,10-13,16H2,1-6H3/q+2. The van der Waals surface area contributed by atoms with Gasteiger partial charge in [0.1, 0.15) is 6.72 Å². The van der Waals surface area contributed by atoms with E-state index in [0.717, 1.165) is 25.7 Å². The molecule has 1 aromatic heterocycles. The van der Waals surface area contributed by atoms with Crippen LogP contribution >= 0.6 is 0 Å². The summed E-state index contributed by atoms with van der Waals surface area (Å²) >= 11 is 0. The lowest BCUT2D eigenvalue weighted by Crippen LogP contribution is -2.58. The normalized spacial score (nSPS) is 21.3. The van der Waals surface area contributed by atoms with E-state index in [1.807, 2.05) is 0 Å². The largest absolute Gasteiger partial charge is 0.213 e. The molecular weight excluding hydrogens is 388 g/mol. The summed E-state index contributed by atoms with van der Waals surface area (Å²) in [5.74, 6) is 0. The van der Waals surface area contributed by atoms with Crippen molar-refractivity contribution in [2.45, 2.75) is 91.0 Å². The summed E-state index contributed by atoms with van der Waals surface area (Å²) in [6, 6.07) is 11.5. The highest BCUT2D eigenvalue weighted by molar-refractivity contribution is 5.70. The fraction of sp³-hybridized carbons (Fsp3) is 0.467. The van der Waals surface area contributed by atoms with E-state index < -0.39 is 0 Å². The molecule has 32 heavy (non-hydrogen) atoms. The van der Waals surface area contributed by atoms with Gasteiger partial charge in [0.25, 0.3) is 0 Å². The Morgan fingerprint density at radius 2 is 1.78 bits per heavy atom. The molecule has 1 aliphatic heterocycles. The Kier molecular flexibility index (Phi) is 7.54. The fourth-order valence-electron chi connectivity index (χ4n) is 5.82. The van der Waals surface area contributed by atoms with E-state index >= 15 is 0 Å². The molecule has 0 saturated heterocycles. The van der Waals surface area contributed by atoms with Gasteiger partial charge in [-0.15, -0.1) is 0 Å². The number of unbranched alkanes of at least 4 members (excludes halogenated alkanes) is 1. The Morgan fingerprint density at radius 1 is 1.03 bits per heavy atom. The summed E-state index contributed by atoms with van der Waals surface area (Å²) in [5, 5.41) is 0. The van der Waals surface area contributed by atoms with Crippen molar-refractivity contribution in [1.82, 2.24) is 0 Å². The third kappa shape index (κ3) is 3.89. The van der Waals surface area contributed by atoms with Crippen LogP contribution in [0.5, 0.6) is 0 Å². The molecule has 1 unspecified atom stereocenters. The molecule has 0 saturated carbocycles. The number of benzene rings is 1. The van der Waals surface area contributed by atoms with Crippen molar-refractivity contribution >= 4 is 12.4 Å². The lowest BCUT2D eigenvalue weighted by molar-refractivity contribution is -0.596. The van der Waals surface area contributed by atoms with Crippen LogP contribution in [0.1, 0.15) is 90.3 Å². The van der Waals surface area contributed by atoms with E-state index in [1.54, 1.807) is 0 Å². The van der Waals surface area contributed by atoms with Crippen LogP contribution in [-0.2, 0) is 11.8 Å². The molecule has 0 radical (unpaired) electrons. The monoisotopic (exact) mass is 430 g/mol. The van der Waals surface area contributed by atoms with E-state index in [-0.39, 0.29) is 11.0 Å². The van der Waals surface area contributed by atoms with Crippen molar-refractivity contribution < 1.29 is 9.14 Å². The van der Waals surface area contributed by atoms with Crippen LogP contribution in [-0.4, -0.2) is 16.8 Å². The van der Waals surface area contributed by atoms with Gasteiger partial charge in [0.05, 0.1) is 11.0 Å². The van der Waals surface area contributed by atoms with E-state index in [2.05, 4.69) is 118 Å². The van der Waals surface area contributed by atoms with Crippen molar-refractivity contribution in [2.75, 3.05) is 0 Å². The summed E-state index contributed by atoms with van der Waals surface area (Å²) in [7, 11) is 0. The highest BCUT2D eigenvalue weighted by Gasteiger charge is 2.59. The van der Waals surface area contributed by atoms with Crippen LogP contribution in [0, 0.1) is 0 Å². The first-order valence-corrected chi connectivity index (χ1v) is 12.5. The van der Waals surface area contributed by atoms with Gasteiger partial charge in [0.2, 0.25) is 11.4 Å². The number of nitrogens with zero attached hydrogens (tertiary/aromatic N) is 2. The second-order valence-corrected chi connectivity index (χ2v) is 9.38. The molecule has 1 atom stereocenters. The van der Waals surface area contributed by atoms with Crippen molar-refractivity contribution in [3.63, 3.8) is 0 Å². The zero-order valence-electron chi connectivity index (χ0n) is 21.1. The maximum Gasteiger partial charge on any atom is 0.213 e. The Bertz CT molecular complexity index is 1020. The first-order valence-electron chi connectivity index (χ1n) is 12.5. The third-order valence-corrected chi connectivity index (χ3v) is 8.01. The Balaban J connectivity index is 2.23. The van der Waals surface area contributed by atoms with Crippen LogP contribution in [0.25, 0.3) is 11.4 Å². The van der Waals surface area contributed by atoms with Gasteiger partial charge in [-0.2, -0.15) is 9.14 Å². The minimum Gasteiger partial charge on any atom is -0.199 e. The molecule has 2 nitrogen and oxygen atoms in total. The minimum absolute atomic E-state index is 0.00308. The van der Waals surface area contributed by atoms with E-state index in [0.29, 0.717) is 0 Å². The predicted octanol–water partition coefficient (Wildman–Crippen LogP) is 7.18. The average Bonchev–Trinajstić information content (AvgIpc) is 2.83. The average molecular weight is 431 g/mol. The molecular formula is C30H42N2+2. The van der Waals surface area contributed by atoms with E-state index in [1.165, 1.54) is 40.9 Å². The summed E-state index contributed by atoms with van der Waals surface area (Å²) < 4.78 is 4.61. The van der Waals surface area contributed by atoms with Gasteiger partial charge in [-0.3, -0.25) is 0 Å². The van der Waals surface area contributed by atoms with E-state index in [4.69, 9.17) is 0 Å². The lowest BCUT2D eigenvalue weighted by Gasteiger charge is -2.48. The zero-order valence-corrected chi connectivity index (χ0v) is 21.1. The molecule has 0 N–H and O–H groups in total. The number of hydrogen-bond donors (Lipinski definition) is 0. The second kappa shape index (κ2) is 9.98. The number of hydrogen-bond acceptors (Lipinski definition) is 0. The number of fused-ring (bicyclic) bond motifs is 1. The highest BCUT2D eigenvalue weighted by atomic mass is 15.1. The Hall–Kier alpha value is -2.48. The van der Waals surface area contributed by atoms with Gasteiger partial charge in [0, 0.05) is 42.7 Å². The number of pyridine rings is 1. The van der Waals surface area contributed by atoms with Gasteiger partial charge in [0.15, 0.2) is 17.9 Å². The summed E-state index contributed by atoms with van der Waals surface area (Å²) in [6.45, 7) is 18.4. The van der Waals surface area contributed by atoms with Gasteiger partial charge in [-0.05, 0) is 44.7 Å². The van der Waals surface area contributed by atoms with Crippen molar-refractivity contribution in [3.8, 4) is 5.69 Å². The summed E-state index contributed by atoms with van der Waals surface area (Å²) in [6.07, 6.45) is 17.8. The van der Waals surface area contributed by atoms with Crippen LogP contribution in [0.15, 0.2) is 61.0 Å². The molecule has 0 spiro atoms. The maximum atomic E-state index is 4.64. The minimum atomic E-state index is -0.00308. The maximum absolute atomic E-state index is 4.64. The molecule has 170 valence electrons. The number of allylic oxidation sites excluding steroid dienone is 3. The Labute approximate surface area is 196 Å². The van der Waals surface area contributed by atoms with Gasteiger partial charge in [-0.1, -0.05) is 52.3 Å². The van der Waals surface area contributed by atoms with Crippen LogP contribution in [0.4, 0.5) is 0 Å². The molecule has 0 bridgehead atoms. The fourth-order valence-corrected chi connectivity index (χ4v) is 5.82. The first kappa shape index (κ1) is 24.2. The van der Waals surface area contributed by atoms with Gasteiger partial charge in [-0.25, -0.2) is 0 Å². The van der Waals surface area contributed by atoms with E-state index in [9.17, 15) is 0 Å². The summed E-state index contributed by atoms with van der Waals surface area (Å²) in [4.78, 5) is 0. The lowest BCUT2D eigenvalue weighted by atomic mass is 9.58. The van der Waals surface area contributed by atoms with Crippen molar-refractivity contribution in [1.29, 1.82) is 0 Å². The molecule has 1 aliphatic rings. The zero-order chi connectivity index (χ0) is 23.4. The second-order valence-electron chi connectivity index (χ2n) is 9.38. The van der Waals surface area contributed by atoms with Gasteiger partial charge < -0.3 is 0 Å². The molecule has 0 aliphatic carbocycles. The predicted molar refractivity (Wildman–Crippen MR) is 138 cm³/mol. The molecule has 3 rings (SSSR count). The van der Waals surface area contributed by atoms with Crippen LogP contribution in [0.2, 0.25) is 0 Å². The number of aromatic nitrogens is 1. The molecule has 2 heteroatoms. The molecule has 2 aromatic rings. The third-order valence-electron chi connectivity index (χ3n) is 8.01. The molecule has 1 aromatic carbocycles. The van der Waals surface area contributed by atoms with Gasteiger partial charge >= 0.3 is 0 Å². The molecule has 2 heterocycles. The highest BCUT2D eigenvalue weighted by Crippen LogP contribution is 2.52.